The lowest BCUT2D eigenvalue weighted by molar-refractivity contribution is -0.139. The second-order valence-electron chi connectivity index (χ2n) is 11.5. The van der Waals surface area contributed by atoms with Crippen LogP contribution < -0.4 is 10.6 Å². The van der Waals surface area contributed by atoms with Crippen LogP contribution in [-0.2, 0) is 26.2 Å². The molecule has 2 fully saturated rings. The summed E-state index contributed by atoms with van der Waals surface area (Å²) in [6.45, 7) is 7.14. The first kappa shape index (κ1) is 29.0. The topological polar surface area (TPSA) is 78.5 Å². The van der Waals surface area contributed by atoms with E-state index < -0.39 is 11.5 Å². The van der Waals surface area contributed by atoms with Crippen LogP contribution >= 0.6 is 0 Å². The summed E-state index contributed by atoms with van der Waals surface area (Å²) in [6.07, 6.45) is 6.58. The van der Waals surface area contributed by atoms with E-state index in [4.69, 9.17) is 0 Å². The molecule has 0 spiro atoms. The van der Waals surface area contributed by atoms with E-state index >= 15 is 0 Å². The maximum atomic E-state index is 13.9. The second kappa shape index (κ2) is 13.9. The number of hydrogen-bond acceptors (Lipinski definition) is 4. The smallest absolute Gasteiger partial charge is 0.245 e. The van der Waals surface area contributed by atoms with E-state index in [0.29, 0.717) is 51.1 Å². The molecule has 0 aliphatic carbocycles. The molecular weight excluding hydrogens is 486 g/mol. The minimum absolute atomic E-state index is 0.0459. The first-order chi connectivity index (χ1) is 18.9. The fourth-order valence-electron chi connectivity index (χ4n) is 6.21. The highest BCUT2D eigenvalue weighted by molar-refractivity contribution is 5.91. The van der Waals surface area contributed by atoms with Crippen molar-refractivity contribution in [2.24, 2.45) is 5.92 Å². The van der Waals surface area contributed by atoms with Gasteiger partial charge >= 0.3 is 0 Å². The quantitative estimate of drug-likeness (QED) is 0.439. The van der Waals surface area contributed by atoms with Gasteiger partial charge < -0.3 is 15.5 Å². The third-order valence-corrected chi connectivity index (χ3v) is 8.70. The van der Waals surface area contributed by atoms with Crippen molar-refractivity contribution < 1.29 is 14.4 Å². The average molecular weight is 532 g/mol. The molecule has 0 bridgehead atoms. The summed E-state index contributed by atoms with van der Waals surface area (Å²) in [4.78, 5) is 42.2. The number of likely N-dealkylation sites (tertiary alicyclic amines) is 1. The second-order valence-corrected chi connectivity index (χ2v) is 11.5. The Morgan fingerprint density at radius 3 is 2.28 bits per heavy atom. The van der Waals surface area contributed by atoms with Crippen molar-refractivity contribution in [2.45, 2.75) is 83.1 Å². The lowest BCUT2D eigenvalue weighted by atomic mass is 9.68. The maximum Gasteiger partial charge on any atom is 0.245 e. The van der Waals surface area contributed by atoms with Crippen LogP contribution in [-0.4, -0.2) is 54.7 Å². The zero-order chi connectivity index (χ0) is 27.7. The Labute approximate surface area is 233 Å². The van der Waals surface area contributed by atoms with Crippen LogP contribution in [0.25, 0.3) is 0 Å². The summed E-state index contributed by atoms with van der Waals surface area (Å²) < 4.78 is 0. The lowest BCUT2D eigenvalue weighted by Gasteiger charge is -2.42. The van der Waals surface area contributed by atoms with Gasteiger partial charge in [0.2, 0.25) is 11.8 Å². The Morgan fingerprint density at radius 2 is 1.64 bits per heavy atom. The van der Waals surface area contributed by atoms with Crippen LogP contribution in [0.15, 0.2) is 54.6 Å². The maximum absolute atomic E-state index is 13.9. The molecule has 2 aliphatic rings. The number of Topliss-reactive ketones (excluding diaryl/α,β-unsaturated/α-hetero) is 1. The van der Waals surface area contributed by atoms with E-state index in [1.165, 1.54) is 0 Å². The first-order valence-corrected chi connectivity index (χ1v) is 14.8. The number of carbonyl (C=O) groups excluding carboxylic acids is 3. The minimum Gasteiger partial charge on any atom is -0.344 e. The standard InChI is InChI=1S/C33H45N3O3/c1-3-7-30(37)33(28-8-5-4-6-9-28)18-22-36(23-19-33)32(39)29(24-27-12-10-25(2)11-13-27)35-31(38)15-14-26-16-20-34-21-17-26/h4-6,8-13,26,29,34H,3,7,14-24H2,1-2H3,(H,35,38)/t29-/m0/s1. The van der Waals surface area contributed by atoms with E-state index in [-0.39, 0.29) is 17.6 Å². The molecule has 2 heterocycles. The van der Waals surface area contributed by atoms with E-state index in [1.807, 2.05) is 73.3 Å². The molecule has 6 nitrogen and oxygen atoms in total. The van der Waals surface area contributed by atoms with Gasteiger partial charge in [-0.15, -0.1) is 0 Å². The van der Waals surface area contributed by atoms with Gasteiger partial charge in [0.1, 0.15) is 11.8 Å². The Hall–Kier alpha value is -2.99. The van der Waals surface area contributed by atoms with Crippen LogP contribution in [0.3, 0.4) is 0 Å². The third kappa shape index (κ3) is 7.57. The summed E-state index contributed by atoms with van der Waals surface area (Å²) >= 11 is 0. The number of carbonyl (C=O) groups is 3. The molecule has 4 rings (SSSR count). The molecule has 0 unspecified atom stereocenters. The van der Waals surface area contributed by atoms with Crippen molar-refractivity contribution in [3.8, 4) is 0 Å². The molecule has 2 N–H and O–H groups in total. The summed E-state index contributed by atoms with van der Waals surface area (Å²) in [5, 5.41) is 6.47. The third-order valence-electron chi connectivity index (χ3n) is 8.70. The number of benzene rings is 2. The van der Waals surface area contributed by atoms with Crippen molar-refractivity contribution in [3.05, 3.63) is 71.3 Å². The SMILES string of the molecule is CCCC(=O)C1(c2ccccc2)CCN(C(=O)[C@H](Cc2ccc(C)cc2)NC(=O)CCC2CCNCC2)CC1. The van der Waals surface area contributed by atoms with Crippen LogP contribution in [0.1, 0.15) is 75.0 Å². The van der Waals surface area contributed by atoms with E-state index in [1.54, 1.807) is 0 Å². The fourth-order valence-corrected chi connectivity index (χ4v) is 6.21. The number of nitrogens with one attached hydrogen (secondary N) is 2. The van der Waals surface area contributed by atoms with Crippen molar-refractivity contribution in [1.82, 2.24) is 15.5 Å². The summed E-state index contributed by atoms with van der Waals surface area (Å²) in [5.74, 6) is 0.742. The molecule has 0 radical (unpaired) electrons. The van der Waals surface area contributed by atoms with Crippen LogP contribution in [0.5, 0.6) is 0 Å². The Morgan fingerprint density at radius 1 is 0.974 bits per heavy atom. The number of ketones is 1. The molecule has 39 heavy (non-hydrogen) atoms. The van der Waals surface area contributed by atoms with Crippen LogP contribution in [0, 0.1) is 12.8 Å². The van der Waals surface area contributed by atoms with Gasteiger partial charge in [-0.2, -0.15) is 0 Å². The number of hydrogen-bond donors (Lipinski definition) is 2. The molecule has 6 heteroatoms. The van der Waals surface area contributed by atoms with Crippen molar-refractivity contribution in [1.29, 1.82) is 0 Å². The fraction of sp³-hybridized carbons (Fsp3) is 0.545. The normalized spacial score (nSPS) is 18.4. The molecular formula is C33H45N3O3. The number of nitrogens with zero attached hydrogens (tertiary/aromatic N) is 1. The van der Waals surface area contributed by atoms with Crippen molar-refractivity contribution in [3.63, 3.8) is 0 Å². The van der Waals surface area contributed by atoms with E-state index in [0.717, 1.165) is 55.5 Å². The molecule has 0 aromatic heterocycles. The average Bonchev–Trinajstić information content (AvgIpc) is 2.97. The highest BCUT2D eigenvalue weighted by atomic mass is 16.2. The summed E-state index contributed by atoms with van der Waals surface area (Å²) in [5.41, 5.74) is 2.71. The largest absolute Gasteiger partial charge is 0.344 e. The summed E-state index contributed by atoms with van der Waals surface area (Å²) in [6, 6.07) is 17.6. The molecule has 2 aromatic rings. The van der Waals surface area contributed by atoms with Gasteiger partial charge in [0.25, 0.3) is 0 Å². The van der Waals surface area contributed by atoms with Gasteiger partial charge in [-0.25, -0.2) is 0 Å². The number of piperidine rings is 2. The van der Waals surface area contributed by atoms with Gasteiger partial charge in [0, 0.05) is 32.4 Å². The molecule has 2 aromatic carbocycles. The predicted molar refractivity (Wildman–Crippen MR) is 155 cm³/mol. The van der Waals surface area contributed by atoms with E-state index in [9.17, 15) is 14.4 Å². The van der Waals surface area contributed by atoms with Gasteiger partial charge in [-0.05, 0) is 75.6 Å². The Bertz CT molecular complexity index is 1080. The molecule has 1 atom stereocenters. The number of aryl methyl sites for hydroxylation is 1. The van der Waals surface area contributed by atoms with Gasteiger partial charge in [-0.3, -0.25) is 14.4 Å². The predicted octanol–water partition coefficient (Wildman–Crippen LogP) is 4.73. The molecule has 2 saturated heterocycles. The van der Waals surface area contributed by atoms with Gasteiger partial charge in [-0.1, -0.05) is 67.1 Å². The molecule has 2 amide bonds. The zero-order valence-corrected chi connectivity index (χ0v) is 23.7. The lowest BCUT2D eigenvalue weighted by Crippen LogP contribution is -2.55. The van der Waals surface area contributed by atoms with Crippen LogP contribution in [0.4, 0.5) is 0 Å². The number of rotatable bonds is 11. The summed E-state index contributed by atoms with van der Waals surface area (Å²) in [7, 11) is 0. The highest BCUT2D eigenvalue weighted by Crippen LogP contribution is 2.38. The Kier molecular flexibility index (Phi) is 10.3. The van der Waals surface area contributed by atoms with Gasteiger partial charge in [0.05, 0.1) is 5.41 Å². The van der Waals surface area contributed by atoms with Crippen molar-refractivity contribution >= 4 is 17.6 Å². The van der Waals surface area contributed by atoms with E-state index in [2.05, 4.69) is 10.6 Å². The number of amides is 2. The van der Waals surface area contributed by atoms with Gasteiger partial charge in [0.15, 0.2) is 0 Å². The molecule has 0 saturated carbocycles. The Balaban J connectivity index is 1.45. The zero-order valence-electron chi connectivity index (χ0n) is 23.7. The first-order valence-electron chi connectivity index (χ1n) is 14.8. The molecule has 210 valence electrons. The minimum atomic E-state index is -0.608. The highest BCUT2D eigenvalue weighted by Gasteiger charge is 2.43. The molecule has 2 aliphatic heterocycles. The monoisotopic (exact) mass is 531 g/mol. The van der Waals surface area contributed by atoms with Crippen molar-refractivity contribution in [2.75, 3.05) is 26.2 Å². The van der Waals surface area contributed by atoms with Crippen LogP contribution in [0.2, 0.25) is 0 Å².